The Balaban J connectivity index is 2.40. The predicted octanol–water partition coefficient (Wildman–Crippen LogP) is 3.70. The summed E-state index contributed by atoms with van der Waals surface area (Å²) in [6, 6.07) is 5.31. The highest BCUT2D eigenvalue weighted by molar-refractivity contribution is 7.92. The first-order valence-corrected chi connectivity index (χ1v) is 10.7. The van der Waals surface area contributed by atoms with Crippen molar-refractivity contribution in [3.8, 4) is 0 Å². The molecule has 154 valence electrons. The normalized spacial score (nSPS) is 12.7. The zero-order valence-electron chi connectivity index (χ0n) is 17.2. The topological polar surface area (TPSA) is 93.1 Å². The van der Waals surface area contributed by atoms with Crippen LogP contribution in [0.1, 0.15) is 57.6 Å². The Labute approximate surface area is 165 Å². The Bertz CT molecular complexity index is 999. The maximum atomic E-state index is 13.9. The molecule has 0 radical (unpaired) electrons. The van der Waals surface area contributed by atoms with Crippen molar-refractivity contribution in [3.63, 3.8) is 0 Å². The molecular weight excluding hydrogens is 383 g/mol. The van der Waals surface area contributed by atoms with E-state index in [1.165, 1.54) is 6.07 Å². The first-order chi connectivity index (χ1) is 12.6. The third kappa shape index (κ3) is 5.31. The van der Waals surface area contributed by atoms with E-state index >= 15 is 0 Å². The number of aromatic nitrogens is 2. The van der Waals surface area contributed by atoms with Gasteiger partial charge in [-0.25, -0.2) is 17.5 Å². The molecule has 0 aliphatic heterocycles. The molecule has 0 atom stereocenters. The third-order valence-electron chi connectivity index (χ3n) is 3.88. The average Bonchev–Trinajstić information content (AvgIpc) is 2.92. The fourth-order valence-electron chi connectivity index (χ4n) is 2.48. The molecule has 0 aliphatic rings. The third-order valence-corrected chi connectivity index (χ3v) is 4.47. The van der Waals surface area contributed by atoms with E-state index in [1.807, 2.05) is 47.6 Å². The average molecular weight is 411 g/mol. The fourth-order valence-corrected chi connectivity index (χ4v) is 3.04. The van der Waals surface area contributed by atoms with Crippen LogP contribution in [0.3, 0.4) is 0 Å². The number of halogens is 1. The lowest BCUT2D eigenvalue weighted by atomic mass is 9.92. The molecule has 1 heterocycles. The van der Waals surface area contributed by atoms with Crippen molar-refractivity contribution in [1.29, 1.82) is 0 Å². The highest BCUT2D eigenvalue weighted by Gasteiger charge is 2.26. The Morgan fingerprint density at radius 3 is 2.21 bits per heavy atom. The number of rotatable bonds is 4. The molecule has 0 fully saturated rings. The second-order valence-electron chi connectivity index (χ2n) is 8.77. The zero-order valence-corrected chi connectivity index (χ0v) is 18.0. The second-order valence-corrected chi connectivity index (χ2v) is 10.5. The number of sulfonamides is 1. The van der Waals surface area contributed by atoms with E-state index in [9.17, 15) is 17.6 Å². The van der Waals surface area contributed by atoms with Crippen LogP contribution in [-0.2, 0) is 21.0 Å². The lowest BCUT2D eigenvalue weighted by Gasteiger charge is -2.23. The highest BCUT2D eigenvalue weighted by Crippen LogP contribution is 2.28. The molecule has 0 saturated carbocycles. The summed E-state index contributed by atoms with van der Waals surface area (Å²) in [4.78, 5) is 12.7. The number of hydrogen-bond donors (Lipinski definition) is 2. The number of nitrogens with zero attached hydrogens (tertiary/aromatic N) is 2. The molecule has 2 aromatic rings. The van der Waals surface area contributed by atoms with Crippen LogP contribution >= 0.6 is 0 Å². The van der Waals surface area contributed by atoms with Gasteiger partial charge in [0.2, 0.25) is 10.0 Å². The minimum atomic E-state index is -3.68. The fraction of sp³-hybridized carbons (Fsp3) is 0.474. The zero-order chi connectivity index (χ0) is 21.5. The maximum Gasteiger partial charge on any atom is 0.256 e. The summed E-state index contributed by atoms with van der Waals surface area (Å²) in [7, 11) is -3.68. The van der Waals surface area contributed by atoms with Gasteiger partial charge in [0.05, 0.1) is 23.2 Å². The molecule has 0 bridgehead atoms. The van der Waals surface area contributed by atoms with Gasteiger partial charge in [-0.1, -0.05) is 20.8 Å². The van der Waals surface area contributed by atoms with E-state index < -0.39 is 21.7 Å². The monoisotopic (exact) mass is 410 g/mol. The molecule has 1 aromatic heterocycles. The van der Waals surface area contributed by atoms with Crippen LogP contribution in [0.4, 0.5) is 15.9 Å². The van der Waals surface area contributed by atoms with Crippen molar-refractivity contribution in [2.75, 3.05) is 16.3 Å². The van der Waals surface area contributed by atoms with E-state index in [0.29, 0.717) is 5.82 Å². The smallest absolute Gasteiger partial charge is 0.256 e. The number of hydrogen-bond acceptors (Lipinski definition) is 4. The highest BCUT2D eigenvalue weighted by atomic mass is 32.2. The van der Waals surface area contributed by atoms with Gasteiger partial charge in [0, 0.05) is 17.0 Å². The number of benzene rings is 1. The summed E-state index contributed by atoms with van der Waals surface area (Å²) >= 11 is 0. The number of carbonyl (C=O) groups excluding carboxylic acids is 1. The van der Waals surface area contributed by atoms with Crippen LogP contribution < -0.4 is 10.0 Å². The molecule has 2 rings (SSSR count). The molecule has 9 heteroatoms. The molecule has 1 amide bonds. The van der Waals surface area contributed by atoms with Gasteiger partial charge in [0.1, 0.15) is 11.6 Å². The van der Waals surface area contributed by atoms with Gasteiger partial charge in [-0.15, -0.1) is 0 Å². The van der Waals surface area contributed by atoms with Crippen LogP contribution in [-0.4, -0.2) is 30.4 Å². The van der Waals surface area contributed by atoms with E-state index in [2.05, 4.69) is 15.1 Å². The molecule has 2 N–H and O–H groups in total. The number of carbonyl (C=O) groups is 1. The molecule has 1 aromatic carbocycles. The summed E-state index contributed by atoms with van der Waals surface area (Å²) in [5.74, 6) is -0.761. The van der Waals surface area contributed by atoms with Crippen molar-refractivity contribution in [2.24, 2.45) is 0 Å². The lowest BCUT2D eigenvalue weighted by Crippen LogP contribution is -2.27. The number of anilines is 2. The molecule has 28 heavy (non-hydrogen) atoms. The predicted molar refractivity (Wildman–Crippen MR) is 109 cm³/mol. The molecule has 0 spiro atoms. The van der Waals surface area contributed by atoms with Gasteiger partial charge in [-0.05, 0) is 39.0 Å². The summed E-state index contributed by atoms with van der Waals surface area (Å²) in [5.41, 5.74) is 0.0636. The minimum absolute atomic E-state index is 0.117. The Hall–Kier alpha value is -2.42. The van der Waals surface area contributed by atoms with E-state index in [1.54, 1.807) is 4.68 Å². The first-order valence-electron chi connectivity index (χ1n) is 8.78. The number of amides is 1. The van der Waals surface area contributed by atoms with Gasteiger partial charge in [-0.2, -0.15) is 5.10 Å². The van der Waals surface area contributed by atoms with Gasteiger partial charge in [0.15, 0.2) is 0 Å². The van der Waals surface area contributed by atoms with Gasteiger partial charge >= 0.3 is 0 Å². The summed E-state index contributed by atoms with van der Waals surface area (Å²) in [5, 5.41) is 7.43. The quantitative estimate of drug-likeness (QED) is 0.804. The van der Waals surface area contributed by atoms with Crippen LogP contribution in [0, 0.1) is 5.82 Å². The summed E-state index contributed by atoms with van der Waals surface area (Å²) < 4.78 is 40.4. The summed E-state index contributed by atoms with van der Waals surface area (Å²) in [6.45, 7) is 12.0. The summed E-state index contributed by atoms with van der Waals surface area (Å²) in [6.07, 6.45) is 0.912. The van der Waals surface area contributed by atoms with Crippen LogP contribution in [0.25, 0.3) is 0 Å². The Morgan fingerprint density at radius 1 is 1.11 bits per heavy atom. The molecule has 0 unspecified atom stereocenters. The van der Waals surface area contributed by atoms with Crippen molar-refractivity contribution in [1.82, 2.24) is 9.78 Å². The first kappa shape index (κ1) is 21.9. The molecular formula is C19H27FN4O3S. The van der Waals surface area contributed by atoms with Crippen molar-refractivity contribution in [2.45, 2.75) is 52.5 Å². The SMILES string of the molecule is CC(C)(C)c1cc(NC(=O)c2ccc(F)c(NS(C)(=O)=O)c2)n(C(C)(C)C)n1. The maximum absolute atomic E-state index is 13.9. The minimum Gasteiger partial charge on any atom is -0.307 e. The molecule has 0 aliphatic carbocycles. The van der Waals surface area contributed by atoms with E-state index in [0.717, 1.165) is 24.1 Å². The van der Waals surface area contributed by atoms with Gasteiger partial charge in [-0.3, -0.25) is 9.52 Å². The van der Waals surface area contributed by atoms with Crippen molar-refractivity contribution < 1.29 is 17.6 Å². The van der Waals surface area contributed by atoms with Gasteiger partial charge in [0.25, 0.3) is 5.91 Å². The van der Waals surface area contributed by atoms with E-state index in [4.69, 9.17) is 0 Å². The van der Waals surface area contributed by atoms with Crippen LogP contribution in [0.15, 0.2) is 24.3 Å². The standard InChI is InChI=1S/C19H27FN4O3S/c1-18(2,3)15-11-16(24(22-15)19(4,5)6)21-17(25)12-8-9-13(20)14(10-12)23-28(7,26)27/h8-11,23H,1-7H3,(H,21,25). The van der Waals surface area contributed by atoms with Crippen LogP contribution in [0.5, 0.6) is 0 Å². The van der Waals surface area contributed by atoms with Gasteiger partial charge < -0.3 is 5.32 Å². The Kier molecular flexibility index (Phi) is 5.62. The molecule has 0 saturated heterocycles. The molecule has 7 nitrogen and oxygen atoms in total. The van der Waals surface area contributed by atoms with Crippen LogP contribution in [0.2, 0.25) is 0 Å². The van der Waals surface area contributed by atoms with E-state index in [-0.39, 0.29) is 22.2 Å². The second kappa shape index (κ2) is 7.20. The lowest BCUT2D eigenvalue weighted by molar-refractivity contribution is 0.102. The van der Waals surface area contributed by atoms with Crippen molar-refractivity contribution >= 4 is 27.4 Å². The largest absolute Gasteiger partial charge is 0.307 e. The van der Waals surface area contributed by atoms with Crippen molar-refractivity contribution in [3.05, 3.63) is 41.3 Å². The number of nitrogens with one attached hydrogen (secondary N) is 2. The Morgan fingerprint density at radius 2 is 1.71 bits per heavy atom.